The van der Waals surface area contributed by atoms with Crippen molar-refractivity contribution in [2.45, 2.75) is 40.0 Å². The van der Waals surface area contributed by atoms with Gasteiger partial charge >= 0.3 is 0 Å². The van der Waals surface area contributed by atoms with Gasteiger partial charge in [0.15, 0.2) is 5.96 Å². The van der Waals surface area contributed by atoms with Crippen molar-refractivity contribution in [3.8, 4) is 0 Å². The molecular weight excluding hydrogens is 435 g/mol. The zero-order chi connectivity index (χ0) is 18.2. The molecule has 2 atom stereocenters. The summed E-state index contributed by atoms with van der Waals surface area (Å²) in [7, 11) is 1.90. The van der Waals surface area contributed by atoms with Crippen molar-refractivity contribution < 1.29 is 0 Å². The summed E-state index contributed by atoms with van der Waals surface area (Å²) in [5.74, 6) is 2.29. The molecule has 1 aromatic rings. The fourth-order valence-corrected chi connectivity index (χ4v) is 3.61. The van der Waals surface area contributed by atoms with Gasteiger partial charge in [0.05, 0.1) is 0 Å². The van der Waals surface area contributed by atoms with Gasteiger partial charge in [-0.25, -0.2) is 0 Å². The number of nitrogens with one attached hydrogen (secondary N) is 1. The zero-order valence-corrected chi connectivity index (χ0v) is 19.5. The highest BCUT2D eigenvalue weighted by molar-refractivity contribution is 14.0. The van der Waals surface area contributed by atoms with Crippen molar-refractivity contribution in [3.05, 3.63) is 35.4 Å². The molecule has 1 aliphatic heterocycles. The van der Waals surface area contributed by atoms with Crippen molar-refractivity contribution in [1.82, 2.24) is 15.1 Å². The van der Waals surface area contributed by atoms with Crippen LogP contribution in [0.15, 0.2) is 29.3 Å². The van der Waals surface area contributed by atoms with Gasteiger partial charge in [-0.15, -0.1) is 24.0 Å². The van der Waals surface area contributed by atoms with Crippen LogP contribution in [0.2, 0.25) is 0 Å². The predicted molar refractivity (Wildman–Crippen MR) is 124 cm³/mol. The second-order valence-electron chi connectivity index (χ2n) is 7.33. The van der Waals surface area contributed by atoms with Gasteiger partial charge in [0, 0.05) is 33.2 Å². The molecule has 1 heterocycles. The van der Waals surface area contributed by atoms with Crippen LogP contribution in [0.25, 0.3) is 0 Å². The second-order valence-corrected chi connectivity index (χ2v) is 7.33. The Bertz CT molecular complexity index is 539. The summed E-state index contributed by atoms with van der Waals surface area (Å²) in [4.78, 5) is 9.48. The topological polar surface area (TPSA) is 30.9 Å². The third-order valence-electron chi connectivity index (χ3n) is 5.42. The molecule has 1 aliphatic rings. The summed E-state index contributed by atoms with van der Waals surface area (Å²) in [5.41, 5.74) is 2.70. The lowest BCUT2D eigenvalue weighted by molar-refractivity contribution is 0.255. The normalized spacial score (nSPS) is 18.8. The lowest BCUT2D eigenvalue weighted by Gasteiger charge is -2.25. The molecule has 0 amide bonds. The van der Waals surface area contributed by atoms with Gasteiger partial charge < -0.3 is 15.1 Å². The summed E-state index contributed by atoms with van der Waals surface area (Å²) >= 11 is 0. The predicted octanol–water partition coefficient (Wildman–Crippen LogP) is 3.96. The summed E-state index contributed by atoms with van der Waals surface area (Å²) in [6.07, 6.45) is 1.27. The van der Waals surface area contributed by atoms with Gasteiger partial charge in [0.2, 0.25) is 0 Å². The third kappa shape index (κ3) is 6.72. The standard InChI is InChI=1S/C21H36N4.HI/c1-6-24(7-2)15-19-12-13-25(16-19)21(22-5)23-14-18(4)20-10-8-17(3)9-11-20;/h8-11,18-19H,6-7,12-16H2,1-5H3,(H,22,23);1H. The van der Waals surface area contributed by atoms with E-state index in [2.05, 4.69) is 72.1 Å². The number of hydrogen-bond donors (Lipinski definition) is 1. The van der Waals surface area contributed by atoms with E-state index in [1.54, 1.807) is 0 Å². The van der Waals surface area contributed by atoms with E-state index in [-0.39, 0.29) is 24.0 Å². The largest absolute Gasteiger partial charge is 0.356 e. The maximum absolute atomic E-state index is 4.52. The number of aliphatic imine (C=N–C) groups is 1. The van der Waals surface area contributed by atoms with Crippen LogP contribution in [0.4, 0.5) is 0 Å². The number of nitrogens with zero attached hydrogens (tertiary/aromatic N) is 3. The van der Waals surface area contributed by atoms with Gasteiger partial charge in [-0.2, -0.15) is 0 Å². The Balaban J connectivity index is 0.00000338. The molecule has 2 rings (SSSR count). The van der Waals surface area contributed by atoms with Crippen molar-refractivity contribution in [2.75, 3.05) is 46.3 Å². The molecule has 0 aliphatic carbocycles. The second kappa shape index (κ2) is 11.8. The van der Waals surface area contributed by atoms with E-state index in [4.69, 9.17) is 0 Å². The lowest BCUT2D eigenvalue weighted by Crippen LogP contribution is -2.42. The first-order valence-electron chi connectivity index (χ1n) is 9.81. The fraction of sp³-hybridized carbons (Fsp3) is 0.667. The van der Waals surface area contributed by atoms with E-state index in [1.165, 1.54) is 24.1 Å². The third-order valence-corrected chi connectivity index (χ3v) is 5.42. The summed E-state index contributed by atoms with van der Waals surface area (Å²) in [6, 6.07) is 8.86. The molecule has 26 heavy (non-hydrogen) atoms. The van der Waals surface area contributed by atoms with Gasteiger partial charge in [-0.05, 0) is 43.8 Å². The average Bonchev–Trinajstić information content (AvgIpc) is 3.09. The molecule has 148 valence electrons. The van der Waals surface area contributed by atoms with Crippen LogP contribution < -0.4 is 5.32 Å². The summed E-state index contributed by atoms with van der Waals surface area (Å²) < 4.78 is 0. The van der Waals surface area contributed by atoms with E-state index in [1.807, 2.05) is 7.05 Å². The maximum Gasteiger partial charge on any atom is 0.193 e. The molecule has 4 nitrogen and oxygen atoms in total. The van der Waals surface area contributed by atoms with Crippen LogP contribution >= 0.6 is 24.0 Å². The quantitative estimate of drug-likeness (QED) is 0.371. The first-order chi connectivity index (χ1) is 12.1. The van der Waals surface area contributed by atoms with Gasteiger partial charge in [0.1, 0.15) is 0 Å². The van der Waals surface area contributed by atoms with Crippen LogP contribution in [0, 0.1) is 12.8 Å². The van der Waals surface area contributed by atoms with E-state index in [9.17, 15) is 0 Å². The number of guanidine groups is 1. The molecule has 5 heteroatoms. The van der Waals surface area contributed by atoms with Crippen molar-refractivity contribution in [1.29, 1.82) is 0 Å². The molecule has 1 saturated heterocycles. The first kappa shape index (κ1) is 23.2. The first-order valence-corrected chi connectivity index (χ1v) is 9.81. The minimum absolute atomic E-state index is 0. The van der Waals surface area contributed by atoms with Crippen molar-refractivity contribution in [3.63, 3.8) is 0 Å². The minimum Gasteiger partial charge on any atom is -0.356 e. The number of hydrogen-bond acceptors (Lipinski definition) is 2. The Hall–Kier alpha value is -0.820. The maximum atomic E-state index is 4.52. The summed E-state index contributed by atoms with van der Waals surface area (Å²) in [5, 5.41) is 3.59. The van der Waals surface area contributed by atoms with Crippen molar-refractivity contribution in [2.24, 2.45) is 10.9 Å². The highest BCUT2D eigenvalue weighted by Crippen LogP contribution is 2.19. The zero-order valence-electron chi connectivity index (χ0n) is 17.2. The van der Waals surface area contributed by atoms with Gasteiger partial charge in [-0.1, -0.05) is 50.6 Å². The average molecular weight is 472 g/mol. The van der Waals surface area contributed by atoms with Crippen LogP contribution in [0.3, 0.4) is 0 Å². The van der Waals surface area contributed by atoms with Crippen LogP contribution in [0.1, 0.15) is 44.2 Å². The lowest BCUT2D eigenvalue weighted by atomic mass is 10.0. The molecule has 1 aromatic carbocycles. The van der Waals surface area contributed by atoms with Gasteiger partial charge in [-0.3, -0.25) is 4.99 Å². The molecule has 2 unspecified atom stereocenters. The number of aryl methyl sites for hydroxylation is 1. The van der Waals surface area contributed by atoms with E-state index in [0.29, 0.717) is 5.92 Å². The van der Waals surface area contributed by atoms with Crippen LogP contribution in [-0.2, 0) is 0 Å². The number of benzene rings is 1. The molecule has 0 radical (unpaired) electrons. The Morgan fingerprint density at radius 2 is 1.92 bits per heavy atom. The van der Waals surface area contributed by atoms with E-state index in [0.717, 1.165) is 44.6 Å². The molecular formula is C21H37IN4. The number of rotatable bonds is 7. The Kier molecular flexibility index (Phi) is 10.5. The monoisotopic (exact) mass is 472 g/mol. The molecule has 1 fully saturated rings. The van der Waals surface area contributed by atoms with Gasteiger partial charge in [0.25, 0.3) is 0 Å². The fourth-order valence-electron chi connectivity index (χ4n) is 3.61. The minimum atomic E-state index is 0. The molecule has 0 bridgehead atoms. The Morgan fingerprint density at radius 3 is 2.50 bits per heavy atom. The highest BCUT2D eigenvalue weighted by Gasteiger charge is 2.26. The Labute approximate surface area is 177 Å². The number of likely N-dealkylation sites (tertiary alicyclic amines) is 1. The summed E-state index contributed by atoms with van der Waals surface area (Å²) in [6.45, 7) is 15.6. The highest BCUT2D eigenvalue weighted by atomic mass is 127. The molecule has 1 N–H and O–H groups in total. The SMILES string of the molecule is CCN(CC)CC1CCN(C(=NC)NCC(C)c2ccc(C)cc2)C1.I. The van der Waals surface area contributed by atoms with Crippen LogP contribution in [-0.4, -0.2) is 62.1 Å². The number of halogens is 1. The van der Waals surface area contributed by atoms with E-state index < -0.39 is 0 Å². The smallest absolute Gasteiger partial charge is 0.193 e. The van der Waals surface area contributed by atoms with Crippen LogP contribution in [0.5, 0.6) is 0 Å². The molecule has 0 saturated carbocycles. The van der Waals surface area contributed by atoms with Crippen molar-refractivity contribution >= 4 is 29.9 Å². The molecule has 0 aromatic heterocycles. The van der Waals surface area contributed by atoms with E-state index >= 15 is 0 Å². The molecule has 0 spiro atoms. The Morgan fingerprint density at radius 1 is 1.27 bits per heavy atom.